The molecule has 2 aromatic rings. The van der Waals surface area contributed by atoms with Gasteiger partial charge < -0.3 is 9.67 Å². The van der Waals surface area contributed by atoms with E-state index in [2.05, 4.69) is 11.9 Å². The number of aryl methyl sites for hydroxylation is 1. The molecule has 0 atom stereocenters. The second-order valence-electron chi connectivity index (χ2n) is 4.24. The Balaban J connectivity index is 2.42. The number of aliphatic carboxylic acids is 1. The molecule has 4 nitrogen and oxygen atoms in total. The lowest BCUT2D eigenvalue weighted by Crippen LogP contribution is -2.02. The molecule has 1 N–H and O–H groups in total. The standard InChI is InChI=1S/C15H16N2O2/c1-2-8-17-11-16-10-13(17)9-14(15(18)19)12-6-4-3-5-7-12/h3-7,9-11H,2,8H2,1H3,(H,18,19). The number of hydrogen-bond acceptors (Lipinski definition) is 2. The monoisotopic (exact) mass is 256 g/mol. The smallest absolute Gasteiger partial charge is 0.336 e. The summed E-state index contributed by atoms with van der Waals surface area (Å²) < 4.78 is 1.95. The Hall–Kier alpha value is -2.36. The van der Waals surface area contributed by atoms with E-state index in [0.717, 1.165) is 18.7 Å². The van der Waals surface area contributed by atoms with Gasteiger partial charge in [-0.2, -0.15) is 0 Å². The number of nitrogens with zero attached hydrogens (tertiary/aromatic N) is 2. The lowest BCUT2D eigenvalue weighted by Gasteiger charge is -2.05. The number of imidazole rings is 1. The number of benzene rings is 1. The van der Waals surface area contributed by atoms with Crippen LogP contribution in [-0.2, 0) is 11.3 Å². The Morgan fingerprint density at radius 2 is 2.11 bits per heavy atom. The minimum Gasteiger partial charge on any atom is -0.478 e. The van der Waals surface area contributed by atoms with E-state index in [1.165, 1.54) is 0 Å². The van der Waals surface area contributed by atoms with Crippen LogP contribution in [0.5, 0.6) is 0 Å². The normalized spacial score (nSPS) is 11.5. The van der Waals surface area contributed by atoms with Gasteiger partial charge in [0.1, 0.15) is 0 Å². The van der Waals surface area contributed by atoms with Crippen LogP contribution in [0.4, 0.5) is 0 Å². The van der Waals surface area contributed by atoms with Crippen molar-refractivity contribution in [2.75, 3.05) is 0 Å². The van der Waals surface area contributed by atoms with Gasteiger partial charge in [0.25, 0.3) is 0 Å². The van der Waals surface area contributed by atoms with Crippen LogP contribution in [0.25, 0.3) is 11.6 Å². The van der Waals surface area contributed by atoms with Gasteiger partial charge in [-0.1, -0.05) is 37.3 Å². The minimum absolute atomic E-state index is 0.276. The fraction of sp³-hybridized carbons (Fsp3) is 0.200. The number of carboxylic acids is 1. The van der Waals surface area contributed by atoms with Gasteiger partial charge in [0.05, 0.1) is 23.8 Å². The molecule has 0 bridgehead atoms. The van der Waals surface area contributed by atoms with Crippen molar-refractivity contribution < 1.29 is 9.90 Å². The predicted molar refractivity (Wildman–Crippen MR) is 74.5 cm³/mol. The molecule has 0 radical (unpaired) electrons. The highest BCUT2D eigenvalue weighted by Crippen LogP contribution is 2.18. The third-order valence-electron chi connectivity index (χ3n) is 2.82. The highest BCUT2D eigenvalue weighted by molar-refractivity contribution is 6.20. The average molecular weight is 256 g/mol. The van der Waals surface area contributed by atoms with Crippen LogP contribution in [0.1, 0.15) is 24.6 Å². The van der Waals surface area contributed by atoms with Crippen molar-refractivity contribution in [2.24, 2.45) is 0 Å². The molecule has 0 fully saturated rings. The largest absolute Gasteiger partial charge is 0.478 e. The summed E-state index contributed by atoms with van der Waals surface area (Å²) in [6.45, 7) is 2.90. The molecule has 0 aliphatic heterocycles. The van der Waals surface area contributed by atoms with Crippen LogP contribution < -0.4 is 0 Å². The maximum Gasteiger partial charge on any atom is 0.336 e. The Bertz CT molecular complexity index is 585. The number of carbonyl (C=O) groups is 1. The third-order valence-corrected chi connectivity index (χ3v) is 2.82. The van der Waals surface area contributed by atoms with Gasteiger partial charge in [-0.3, -0.25) is 0 Å². The van der Waals surface area contributed by atoms with E-state index in [1.54, 1.807) is 30.7 Å². The van der Waals surface area contributed by atoms with E-state index < -0.39 is 5.97 Å². The van der Waals surface area contributed by atoms with Gasteiger partial charge in [0.2, 0.25) is 0 Å². The fourth-order valence-corrected chi connectivity index (χ4v) is 1.91. The maximum absolute atomic E-state index is 11.4. The van der Waals surface area contributed by atoms with Gasteiger partial charge in [0, 0.05) is 6.54 Å². The average Bonchev–Trinajstić information content (AvgIpc) is 2.84. The van der Waals surface area contributed by atoms with Gasteiger partial charge in [-0.25, -0.2) is 9.78 Å². The maximum atomic E-state index is 11.4. The molecule has 0 saturated heterocycles. The van der Waals surface area contributed by atoms with E-state index >= 15 is 0 Å². The summed E-state index contributed by atoms with van der Waals surface area (Å²) in [6.07, 6.45) is 6.05. The highest BCUT2D eigenvalue weighted by Gasteiger charge is 2.11. The summed E-state index contributed by atoms with van der Waals surface area (Å²) in [4.78, 5) is 15.5. The molecule has 1 heterocycles. The van der Waals surface area contributed by atoms with Gasteiger partial charge in [-0.05, 0) is 18.1 Å². The molecule has 2 rings (SSSR count). The Morgan fingerprint density at radius 1 is 1.37 bits per heavy atom. The molecule has 4 heteroatoms. The first-order valence-corrected chi connectivity index (χ1v) is 6.23. The third kappa shape index (κ3) is 3.10. The Kier molecular flexibility index (Phi) is 4.13. The minimum atomic E-state index is -0.935. The zero-order chi connectivity index (χ0) is 13.7. The van der Waals surface area contributed by atoms with Crippen molar-refractivity contribution in [3.63, 3.8) is 0 Å². The molecular weight excluding hydrogens is 240 g/mol. The summed E-state index contributed by atoms with van der Waals surface area (Å²) in [5, 5.41) is 9.35. The second-order valence-corrected chi connectivity index (χ2v) is 4.24. The highest BCUT2D eigenvalue weighted by atomic mass is 16.4. The summed E-state index contributed by atoms with van der Waals surface area (Å²) in [7, 11) is 0. The lowest BCUT2D eigenvalue weighted by atomic mass is 10.1. The Morgan fingerprint density at radius 3 is 2.74 bits per heavy atom. The van der Waals surface area contributed by atoms with Crippen molar-refractivity contribution in [1.29, 1.82) is 0 Å². The molecular formula is C15H16N2O2. The molecule has 98 valence electrons. The topological polar surface area (TPSA) is 55.1 Å². The van der Waals surface area contributed by atoms with Crippen LogP contribution >= 0.6 is 0 Å². The SMILES string of the molecule is CCCn1cncc1C=C(C(=O)O)c1ccccc1. The first-order valence-electron chi connectivity index (χ1n) is 6.23. The van der Waals surface area contributed by atoms with Crippen LogP contribution in [0.2, 0.25) is 0 Å². The molecule has 1 aromatic heterocycles. The summed E-state index contributed by atoms with van der Waals surface area (Å²) in [6, 6.07) is 9.11. The zero-order valence-corrected chi connectivity index (χ0v) is 10.8. The van der Waals surface area contributed by atoms with Crippen LogP contribution in [0.3, 0.4) is 0 Å². The van der Waals surface area contributed by atoms with Crippen molar-refractivity contribution in [3.8, 4) is 0 Å². The second kappa shape index (κ2) is 6.00. The van der Waals surface area contributed by atoms with E-state index in [9.17, 15) is 9.90 Å². The lowest BCUT2D eigenvalue weighted by molar-refractivity contribution is -0.130. The molecule has 0 aliphatic carbocycles. The van der Waals surface area contributed by atoms with E-state index in [-0.39, 0.29) is 5.57 Å². The van der Waals surface area contributed by atoms with Gasteiger partial charge in [0.15, 0.2) is 0 Å². The number of carboxylic acid groups (broad SMARTS) is 1. The summed E-state index contributed by atoms with van der Waals surface area (Å²) in [5.41, 5.74) is 1.78. The molecule has 0 unspecified atom stereocenters. The van der Waals surface area contributed by atoms with E-state index in [1.807, 2.05) is 22.8 Å². The van der Waals surface area contributed by atoms with Crippen molar-refractivity contribution >= 4 is 17.6 Å². The zero-order valence-electron chi connectivity index (χ0n) is 10.8. The summed E-state index contributed by atoms with van der Waals surface area (Å²) >= 11 is 0. The Labute approximate surface area is 112 Å². The summed E-state index contributed by atoms with van der Waals surface area (Å²) in [5.74, 6) is -0.935. The number of rotatable bonds is 5. The number of aromatic nitrogens is 2. The van der Waals surface area contributed by atoms with Crippen molar-refractivity contribution in [1.82, 2.24) is 9.55 Å². The van der Waals surface area contributed by atoms with Crippen LogP contribution in [-0.4, -0.2) is 20.6 Å². The molecule has 1 aromatic carbocycles. The molecule has 0 aliphatic rings. The first-order chi connectivity index (χ1) is 9.22. The quantitative estimate of drug-likeness (QED) is 0.837. The van der Waals surface area contributed by atoms with Crippen LogP contribution in [0.15, 0.2) is 42.9 Å². The van der Waals surface area contributed by atoms with Gasteiger partial charge in [-0.15, -0.1) is 0 Å². The fourth-order valence-electron chi connectivity index (χ4n) is 1.91. The predicted octanol–water partition coefficient (Wildman–Crippen LogP) is 2.92. The molecule has 0 saturated carbocycles. The van der Waals surface area contributed by atoms with Crippen LogP contribution in [0, 0.1) is 0 Å². The van der Waals surface area contributed by atoms with Crippen molar-refractivity contribution in [3.05, 3.63) is 54.1 Å². The van der Waals surface area contributed by atoms with Gasteiger partial charge >= 0.3 is 5.97 Å². The van der Waals surface area contributed by atoms with E-state index in [4.69, 9.17) is 0 Å². The van der Waals surface area contributed by atoms with E-state index in [0.29, 0.717) is 5.56 Å². The first kappa shape index (κ1) is 13.1. The number of hydrogen-bond donors (Lipinski definition) is 1. The van der Waals surface area contributed by atoms with Crippen molar-refractivity contribution in [2.45, 2.75) is 19.9 Å². The molecule has 0 spiro atoms. The molecule has 0 amide bonds. The molecule has 19 heavy (non-hydrogen) atoms.